The van der Waals surface area contributed by atoms with Gasteiger partial charge in [-0.3, -0.25) is 9.59 Å². The second kappa shape index (κ2) is 8.45. The lowest BCUT2D eigenvalue weighted by atomic mass is 9.71. The Kier molecular flexibility index (Phi) is 5.50. The van der Waals surface area contributed by atoms with Gasteiger partial charge in [-0.2, -0.15) is 0 Å². The number of rotatable bonds is 6. The van der Waals surface area contributed by atoms with Gasteiger partial charge in [0.15, 0.2) is 11.6 Å². The first-order valence-electron chi connectivity index (χ1n) is 10.4. The number of benzene rings is 4. The molecule has 1 heterocycles. The zero-order valence-electron chi connectivity index (χ0n) is 17.2. The van der Waals surface area contributed by atoms with E-state index in [0.717, 1.165) is 11.1 Å². The van der Waals surface area contributed by atoms with Crippen molar-refractivity contribution in [1.82, 2.24) is 0 Å². The third kappa shape index (κ3) is 3.06. The number of carbonyl (C=O) groups excluding carboxylic acids is 2. The fraction of sp³-hybridized carbons (Fsp3) is 0.0714. The summed E-state index contributed by atoms with van der Waals surface area (Å²) >= 11 is 0. The van der Waals surface area contributed by atoms with Crippen molar-refractivity contribution in [2.75, 3.05) is 0 Å². The molecule has 2 atom stereocenters. The molecule has 156 valence electrons. The summed E-state index contributed by atoms with van der Waals surface area (Å²) in [5.41, 5.74) is 2.88. The Morgan fingerprint density at radius 3 is 1.00 bits per heavy atom. The van der Waals surface area contributed by atoms with Crippen LogP contribution in [0.15, 0.2) is 121 Å². The Hall–Kier alpha value is -3.08. The summed E-state index contributed by atoms with van der Waals surface area (Å²) in [6.07, 6.45) is 0. The molecule has 1 aliphatic heterocycles. The van der Waals surface area contributed by atoms with Crippen LogP contribution in [0.25, 0.3) is 0 Å². The standard InChI is InChI=1S/C28H20O2S2/c29-25(21-13-5-1-6-14-21)27(23-17-9-3-10-18-23)28(32-31-27,24-19-11-4-12-20-24)26(30)22-15-7-2-8-16-22/h1-20H/t27-,28-/m0/s1. The predicted octanol–water partition coefficient (Wildman–Crippen LogP) is 6.94. The Labute approximate surface area is 195 Å². The lowest BCUT2D eigenvalue weighted by molar-refractivity contribution is 0.0820. The van der Waals surface area contributed by atoms with E-state index in [9.17, 15) is 9.59 Å². The summed E-state index contributed by atoms with van der Waals surface area (Å²) in [6.45, 7) is 0. The number of carbonyl (C=O) groups is 2. The van der Waals surface area contributed by atoms with Crippen molar-refractivity contribution < 1.29 is 9.59 Å². The van der Waals surface area contributed by atoms with Gasteiger partial charge in [0.05, 0.1) is 0 Å². The number of Topliss-reactive ketones (excluding diaryl/α,β-unsaturated/α-hetero) is 2. The van der Waals surface area contributed by atoms with Crippen LogP contribution in [-0.2, 0) is 9.49 Å². The quantitative estimate of drug-likeness (QED) is 0.234. The Morgan fingerprint density at radius 2 is 0.719 bits per heavy atom. The molecule has 4 aromatic carbocycles. The van der Waals surface area contributed by atoms with Crippen molar-refractivity contribution in [3.05, 3.63) is 144 Å². The molecule has 0 unspecified atom stereocenters. The summed E-state index contributed by atoms with van der Waals surface area (Å²) < 4.78 is -2.18. The summed E-state index contributed by atoms with van der Waals surface area (Å²) in [5, 5.41) is 0. The van der Waals surface area contributed by atoms with Crippen LogP contribution in [0.4, 0.5) is 0 Å². The fourth-order valence-corrected chi connectivity index (χ4v) is 8.27. The first-order valence-corrected chi connectivity index (χ1v) is 12.5. The van der Waals surface area contributed by atoms with Crippen LogP contribution in [0.2, 0.25) is 0 Å². The summed E-state index contributed by atoms with van der Waals surface area (Å²) in [6, 6.07) is 38.0. The minimum atomic E-state index is -1.09. The van der Waals surface area contributed by atoms with Gasteiger partial charge >= 0.3 is 0 Å². The lowest BCUT2D eigenvalue weighted by Gasteiger charge is -2.55. The smallest absolute Gasteiger partial charge is 0.186 e. The van der Waals surface area contributed by atoms with Crippen molar-refractivity contribution in [3.8, 4) is 0 Å². The highest BCUT2D eigenvalue weighted by Crippen LogP contribution is 2.75. The lowest BCUT2D eigenvalue weighted by Crippen LogP contribution is -2.59. The van der Waals surface area contributed by atoms with Crippen molar-refractivity contribution in [1.29, 1.82) is 0 Å². The fourth-order valence-electron chi connectivity index (χ4n) is 4.30. The molecule has 0 spiro atoms. The van der Waals surface area contributed by atoms with E-state index in [1.165, 1.54) is 21.6 Å². The maximum Gasteiger partial charge on any atom is 0.186 e. The van der Waals surface area contributed by atoms with Crippen LogP contribution in [0, 0.1) is 0 Å². The maximum absolute atomic E-state index is 14.3. The molecule has 0 amide bonds. The molecule has 0 N–H and O–H groups in total. The average molecular weight is 453 g/mol. The highest BCUT2D eigenvalue weighted by atomic mass is 33.1. The van der Waals surface area contributed by atoms with E-state index in [2.05, 4.69) is 0 Å². The zero-order chi connectivity index (χ0) is 22.0. The van der Waals surface area contributed by atoms with Gasteiger partial charge in [0.1, 0.15) is 9.49 Å². The average Bonchev–Trinajstić information content (AvgIpc) is 2.86. The van der Waals surface area contributed by atoms with Gasteiger partial charge in [-0.25, -0.2) is 0 Å². The van der Waals surface area contributed by atoms with Gasteiger partial charge < -0.3 is 0 Å². The second-order valence-electron chi connectivity index (χ2n) is 7.65. The molecule has 2 nitrogen and oxygen atoms in total. The molecule has 0 aromatic heterocycles. The monoisotopic (exact) mass is 452 g/mol. The van der Waals surface area contributed by atoms with Crippen molar-refractivity contribution in [3.63, 3.8) is 0 Å². The van der Waals surface area contributed by atoms with Gasteiger partial charge in [-0.1, -0.05) is 143 Å². The number of ketones is 2. The minimum Gasteiger partial charge on any atom is -0.292 e. The third-order valence-corrected chi connectivity index (χ3v) is 9.78. The Morgan fingerprint density at radius 1 is 0.438 bits per heavy atom. The highest BCUT2D eigenvalue weighted by Gasteiger charge is 2.71. The van der Waals surface area contributed by atoms with E-state index >= 15 is 0 Å². The highest BCUT2D eigenvalue weighted by molar-refractivity contribution is 8.80. The topological polar surface area (TPSA) is 34.1 Å². The molecule has 1 aliphatic rings. The molecule has 0 radical (unpaired) electrons. The van der Waals surface area contributed by atoms with Crippen LogP contribution in [0.5, 0.6) is 0 Å². The van der Waals surface area contributed by atoms with Crippen LogP contribution in [-0.4, -0.2) is 11.6 Å². The third-order valence-electron chi connectivity index (χ3n) is 5.86. The van der Waals surface area contributed by atoms with E-state index < -0.39 is 9.49 Å². The van der Waals surface area contributed by atoms with Gasteiger partial charge in [0.25, 0.3) is 0 Å². The van der Waals surface area contributed by atoms with Crippen molar-refractivity contribution >= 4 is 33.2 Å². The van der Waals surface area contributed by atoms with Gasteiger partial charge in [0, 0.05) is 11.1 Å². The summed E-state index contributed by atoms with van der Waals surface area (Å²) in [5.74, 6) is -0.109. The number of hydrogen-bond donors (Lipinski definition) is 0. The maximum atomic E-state index is 14.3. The first-order chi connectivity index (χ1) is 15.7. The molecule has 1 saturated heterocycles. The molecule has 4 aromatic rings. The molecule has 4 heteroatoms. The largest absolute Gasteiger partial charge is 0.292 e. The van der Waals surface area contributed by atoms with Crippen LogP contribution in [0.3, 0.4) is 0 Å². The van der Waals surface area contributed by atoms with Crippen LogP contribution < -0.4 is 0 Å². The van der Waals surface area contributed by atoms with E-state index in [-0.39, 0.29) is 11.6 Å². The van der Waals surface area contributed by atoms with E-state index in [0.29, 0.717) is 11.1 Å². The molecule has 1 fully saturated rings. The van der Waals surface area contributed by atoms with Gasteiger partial charge in [-0.15, -0.1) is 0 Å². The minimum absolute atomic E-state index is 0.0545. The number of hydrogen-bond acceptors (Lipinski definition) is 4. The summed E-state index contributed by atoms with van der Waals surface area (Å²) in [4.78, 5) is 28.6. The van der Waals surface area contributed by atoms with Gasteiger partial charge in [0.2, 0.25) is 0 Å². The van der Waals surface area contributed by atoms with Crippen molar-refractivity contribution in [2.45, 2.75) is 9.49 Å². The molecule has 0 bridgehead atoms. The van der Waals surface area contributed by atoms with Crippen LogP contribution >= 0.6 is 21.6 Å². The Balaban J connectivity index is 1.81. The molecule has 32 heavy (non-hydrogen) atoms. The predicted molar refractivity (Wildman–Crippen MR) is 133 cm³/mol. The molecule has 0 saturated carbocycles. The van der Waals surface area contributed by atoms with E-state index in [4.69, 9.17) is 0 Å². The molecular formula is C28H20O2S2. The molecular weight excluding hydrogens is 432 g/mol. The second-order valence-corrected chi connectivity index (χ2v) is 10.2. The SMILES string of the molecule is O=C(c1ccccc1)[C@]1(c2ccccc2)SS[C@]1(C(=O)c1ccccc1)c1ccccc1. The van der Waals surface area contributed by atoms with Gasteiger partial charge in [-0.05, 0) is 11.1 Å². The van der Waals surface area contributed by atoms with Crippen LogP contribution in [0.1, 0.15) is 31.8 Å². The molecule has 0 aliphatic carbocycles. The van der Waals surface area contributed by atoms with Crippen molar-refractivity contribution in [2.24, 2.45) is 0 Å². The summed E-state index contributed by atoms with van der Waals surface area (Å²) in [7, 11) is 2.96. The van der Waals surface area contributed by atoms with E-state index in [1.807, 2.05) is 121 Å². The first kappa shape index (κ1) is 20.8. The van der Waals surface area contributed by atoms with E-state index in [1.54, 1.807) is 0 Å². The molecule has 5 rings (SSSR count). The normalized spacial score (nSPS) is 22.0. The zero-order valence-corrected chi connectivity index (χ0v) is 18.8. The Bertz CT molecular complexity index is 1140.